The largest absolute Gasteiger partial charge is 0.310 e. The van der Waals surface area contributed by atoms with Crippen LogP contribution in [0.1, 0.15) is 52.4 Å². The van der Waals surface area contributed by atoms with Crippen LogP contribution in [0.15, 0.2) is 0 Å². The Morgan fingerprint density at radius 1 is 0.800 bits per heavy atom. The Hall–Kier alpha value is 1.37. The molecule has 2 unspecified atom stereocenters. The Bertz CT molecular complexity index is 367. The smallest absolute Gasteiger partial charge is 0.0956 e. The molecule has 0 nitrogen and oxygen atoms in total. The normalized spacial score (nSPS) is 51.6. The van der Waals surface area contributed by atoms with Gasteiger partial charge in [-0.1, -0.05) is 32.4 Å². The summed E-state index contributed by atoms with van der Waals surface area (Å²) in [6.45, 7) is 3.96. The molecule has 0 saturated heterocycles. The molecule has 4 fully saturated rings. The van der Waals surface area contributed by atoms with Gasteiger partial charge in [-0.2, -0.15) is 25.7 Å². The van der Waals surface area contributed by atoms with Crippen molar-refractivity contribution in [1.29, 1.82) is 0 Å². The molecule has 0 heterocycles. The summed E-state index contributed by atoms with van der Waals surface area (Å²) < 4.78 is 30.9. The van der Waals surface area contributed by atoms with Gasteiger partial charge in [0.25, 0.3) is 0 Å². The van der Waals surface area contributed by atoms with Crippen LogP contribution in [0.4, 0.5) is 8.78 Å². The van der Waals surface area contributed by atoms with Crippen molar-refractivity contribution >= 4 is 16.8 Å². The van der Waals surface area contributed by atoms with Crippen LogP contribution in [0.2, 0.25) is 0 Å². The average molecular weight is 614 g/mol. The van der Waals surface area contributed by atoms with Gasteiger partial charge in [-0.3, -0.25) is 0 Å². The molecule has 0 aromatic rings. The molecule has 4 rings (SSSR count). The van der Waals surface area contributed by atoms with E-state index < -0.39 is 22.2 Å². The third-order valence-corrected chi connectivity index (χ3v) is 6.28. The van der Waals surface area contributed by atoms with E-state index in [9.17, 15) is 0 Å². The van der Waals surface area contributed by atoms with Crippen molar-refractivity contribution in [2.45, 2.75) is 63.7 Å². The summed E-state index contributed by atoms with van der Waals surface area (Å²) in [4.78, 5) is 0. The molecule has 6 radical (unpaired) electrons. The Kier molecular flexibility index (Phi) is 5.84. The fraction of sp³-hybridized carbons (Fsp3) is 0.857. The number of halogens is 2. The molecule has 0 aromatic carbocycles. The third-order valence-electron chi connectivity index (χ3n) is 6.28. The Balaban J connectivity index is 0.000000902. The summed E-state index contributed by atoms with van der Waals surface area (Å²) in [5.74, 6) is 1.77. The molecule has 0 N–H and O–H groups in total. The molecule has 20 heavy (non-hydrogen) atoms. The van der Waals surface area contributed by atoms with Crippen LogP contribution >= 0.6 is 0 Å². The second-order valence-electron chi connectivity index (χ2n) is 7.00. The predicted octanol–water partition coefficient (Wildman–Crippen LogP) is 3.19. The van der Waals surface area contributed by atoms with Gasteiger partial charge in [-0.05, 0) is 10.8 Å². The number of alkyl halides is 2. The van der Waals surface area contributed by atoms with E-state index in [4.69, 9.17) is 0 Å². The van der Waals surface area contributed by atoms with Crippen molar-refractivity contribution in [3.8, 4) is 0 Å². The first-order valence-electron chi connectivity index (χ1n) is 6.46. The molecule has 0 aromatic heterocycles. The molecule has 108 valence electrons. The van der Waals surface area contributed by atoms with Gasteiger partial charge in [0.2, 0.25) is 0 Å². The van der Waals surface area contributed by atoms with E-state index in [0.717, 1.165) is 37.5 Å². The molecule has 0 aliphatic heterocycles. The minimum atomic E-state index is -1.63. The molecular weight excluding hydrogens is 595 g/mol. The Morgan fingerprint density at radius 2 is 1.15 bits per heavy atom. The molecule has 4 aliphatic rings. The van der Waals surface area contributed by atoms with E-state index in [1.807, 2.05) is 13.8 Å². The van der Waals surface area contributed by atoms with Crippen LogP contribution in [0.25, 0.3) is 0 Å². The first kappa shape index (κ1) is 21.4. The van der Waals surface area contributed by atoms with E-state index >= 15 is 8.78 Å². The van der Waals surface area contributed by atoms with Gasteiger partial charge in [0.05, 0.1) is 5.67 Å². The second kappa shape index (κ2) is 5.47. The summed E-state index contributed by atoms with van der Waals surface area (Å²) in [6.07, 6.45) is 4.73. The zero-order valence-corrected chi connectivity index (χ0v) is 17.8. The average Bonchev–Trinajstić information content (AvgIpc) is 2.87. The first-order valence-corrected chi connectivity index (χ1v) is 6.46. The van der Waals surface area contributed by atoms with Gasteiger partial charge < -0.3 is 16.2 Å². The zero-order chi connectivity index (χ0) is 11.4. The molecule has 0 amide bonds. The zero-order valence-electron chi connectivity index (χ0n) is 12.0. The number of rotatable bonds is 0. The van der Waals surface area contributed by atoms with Crippen LogP contribution in [-0.2, 0) is 42.1 Å². The monoisotopic (exact) mass is 614 g/mol. The van der Waals surface area contributed by atoms with Crippen molar-refractivity contribution in [3.05, 3.63) is 11.8 Å². The summed E-state index contributed by atoms with van der Waals surface area (Å²) in [5, 5.41) is 0. The number of hydrogen-bond acceptors (Lipinski definition) is 0. The number of fused-ring (bicyclic) bond motifs is 9. The van der Waals surface area contributed by atoms with E-state index in [1.54, 1.807) is 0 Å². The third kappa shape index (κ3) is 1.68. The molecule has 6 heteroatoms. The van der Waals surface area contributed by atoms with Gasteiger partial charge in [0.15, 0.2) is 0 Å². The summed E-state index contributed by atoms with van der Waals surface area (Å²) in [6, 6.07) is 0. The van der Waals surface area contributed by atoms with Crippen molar-refractivity contribution in [3.63, 3.8) is 0 Å². The maximum atomic E-state index is 15.6. The topological polar surface area (TPSA) is 0 Å². The van der Waals surface area contributed by atoms with Crippen LogP contribution in [0.5, 0.6) is 0 Å². The van der Waals surface area contributed by atoms with Gasteiger partial charge in [-0.15, -0.1) is 0 Å². The minimum Gasteiger partial charge on any atom is -0.310 e. The van der Waals surface area contributed by atoms with Crippen LogP contribution in [0, 0.1) is 22.7 Å². The molecule has 4 aliphatic carbocycles. The van der Waals surface area contributed by atoms with Gasteiger partial charge >= 0.3 is 0 Å². The van der Waals surface area contributed by atoms with E-state index in [1.165, 1.54) is 0 Å². The van der Waals surface area contributed by atoms with E-state index in [-0.39, 0.29) is 59.0 Å². The summed E-state index contributed by atoms with van der Waals surface area (Å²) in [7, 11) is 0. The van der Waals surface area contributed by atoms with E-state index in [0.29, 0.717) is 12.8 Å². The van der Waals surface area contributed by atoms with Gasteiger partial charge in [-0.25, -0.2) is 4.39 Å². The quantitative estimate of drug-likeness (QED) is 0.224. The molecular formula is C14H18B2F2W2-2. The molecule has 4 bridgehead atoms. The van der Waals surface area contributed by atoms with Crippen LogP contribution in [0.3, 0.4) is 0 Å². The molecule has 4 saturated carbocycles. The van der Waals surface area contributed by atoms with Gasteiger partial charge in [0.1, 0.15) is 0 Å². The van der Waals surface area contributed by atoms with Crippen molar-refractivity contribution in [2.75, 3.05) is 0 Å². The van der Waals surface area contributed by atoms with Crippen molar-refractivity contribution < 1.29 is 50.9 Å². The Labute approximate surface area is 153 Å². The fourth-order valence-corrected chi connectivity index (χ4v) is 5.62. The second-order valence-corrected chi connectivity index (χ2v) is 7.00. The minimum absolute atomic E-state index is 0. The molecule has 0 spiro atoms. The first-order chi connectivity index (χ1) is 7.37. The SMILES string of the molecule is CC12CC[C-](C1)C1(F)[C-]3CCC(C)(C3)C21F.[B].[B].[W].[W]. The van der Waals surface area contributed by atoms with Crippen molar-refractivity contribution in [1.82, 2.24) is 0 Å². The fourth-order valence-electron chi connectivity index (χ4n) is 5.62. The standard InChI is InChI=1S/C14H18F2.2B.2W/c1-11-5-3-9(7-11)13(15)10-4-6-12(2,8-10)14(11,13)16;;;;/h3-8H2,1-2H3;;;;/q-2;;;;. The maximum absolute atomic E-state index is 15.6. The van der Waals surface area contributed by atoms with Crippen LogP contribution < -0.4 is 0 Å². The predicted molar refractivity (Wildman–Crippen MR) is 69.6 cm³/mol. The van der Waals surface area contributed by atoms with Crippen LogP contribution in [-0.4, -0.2) is 28.2 Å². The summed E-state index contributed by atoms with van der Waals surface area (Å²) in [5.41, 5.74) is -4.07. The summed E-state index contributed by atoms with van der Waals surface area (Å²) >= 11 is 0. The number of hydrogen-bond donors (Lipinski definition) is 0. The van der Waals surface area contributed by atoms with E-state index in [2.05, 4.69) is 0 Å². The Morgan fingerprint density at radius 3 is 1.45 bits per heavy atom. The molecule has 2 atom stereocenters. The van der Waals surface area contributed by atoms with Crippen molar-refractivity contribution in [2.24, 2.45) is 10.8 Å². The van der Waals surface area contributed by atoms with Gasteiger partial charge in [0, 0.05) is 59.0 Å². The maximum Gasteiger partial charge on any atom is 0.0956 e.